The average molecular weight is 589 g/mol. The van der Waals surface area contributed by atoms with Crippen molar-refractivity contribution >= 4 is 58.5 Å². The number of hydrogen-bond acceptors (Lipinski definition) is 6. The molecule has 0 spiro atoms. The maximum absolute atomic E-state index is 6.67. The quantitative estimate of drug-likeness (QED) is 0.266. The Morgan fingerprint density at radius 1 is 1.08 bits per heavy atom. The number of benzene rings is 2. The van der Waals surface area contributed by atoms with Gasteiger partial charge in [-0.15, -0.1) is 0 Å². The topological polar surface area (TPSA) is 56.3 Å². The van der Waals surface area contributed by atoms with E-state index < -0.39 is 8.32 Å². The summed E-state index contributed by atoms with van der Waals surface area (Å²) in [4.78, 5) is 9.40. The second kappa shape index (κ2) is 11.4. The van der Waals surface area contributed by atoms with Gasteiger partial charge in [0, 0.05) is 33.6 Å². The maximum atomic E-state index is 6.67. The van der Waals surface area contributed by atoms with E-state index in [2.05, 4.69) is 84.6 Å². The SMILES string of the molecule is CSCc1cccc(Nc2ncc3cc(Br)cc(O[C@H]4CC[C@@H](O[Si](C)(C)C(C)(C)C)CC4)c3n2)c1. The van der Waals surface area contributed by atoms with E-state index in [1.54, 1.807) is 0 Å². The van der Waals surface area contributed by atoms with E-state index in [0.29, 0.717) is 12.1 Å². The third-order valence-electron chi connectivity index (χ3n) is 7.29. The van der Waals surface area contributed by atoms with Crippen molar-refractivity contribution < 1.29 is 9.16 Å². The predicted octanol–water partition coefficient (Wildman–Crippen LogP) is 8.71. The van der Waals surface area contributed by atoms with Gasteiger partial charge in [-0.2, -0.15) is 11.8 Å². The molecule has 5 nitrogen and oxygen atoms in total. The highest BCUT2D eigenvalue weighted by Gasteiger charge is 2.40. The minimum Gasteiger partial charge on any atom is -0.488 e. The lowest BCUT2D eigenvalue weighted by molar-refractivity contribution is 0.0732. The number of ether oxygens (including phenoxy) is 1. The standard InChI is InChI=1S/C28H38BrN3O2SSi/c1-28(2,3)36(5,6)34-24-12-10-23(11-13-24)33-25-16-21(29)15-20-17-30-27(32-26(20)25)31-22-9-7-8-19(14-22)18-35-4/h7-9,14-17,23-24H,10-13,18H2,1-6H3,(H,30,31,32)/t23-,24+. The van der Waals surface area contributed by atoms with Gasteiger partial charge in [-0.25, -0.2) is 9.97 Å². The van der Waals surface area contributed by atoms with E-state index in [9.17, 15) is 0 Å². The van der Waals surface area contributed by atoms with Crippen molar-refractivity contribution in [3.05, 3.63) is 52.6 Å². The lowest BCUT2D eigenvalue weighted by Gasteiger charge is -2.41. The van der Waals surface area contributed by atoms with Crippen molar-refractivity contribution in [2.24, 2.45) is 0 Å². The van der Waals surface area contributed by atoms with E-state index in [-0.39, 0.29) is 11.1 Å². The second-order valence-corrected chi connectivity index (χ2v) is 17.7. The van der Waals surface area contributed by atoms with Gasteiger partial charge < -0.3 is 14.5 Å². The van der Waals surface area contributed by atoms with Crippen LogP contribution in [-0.4, -0.2) is 36.7 Å². The van der Waals surface area contributed by atoms with Crippen LogP contribution in [-0.2, 0) is 10.2 Å². The number of anilines is 2. The van der Waals surface area contributed by atoms with Crippen LogP contribution in [0.1, 0.15) is 52.0 Å². The predicted molar refractivity (Wildman–Crippen MR) is 159 cm³/mol. The largest absolute Gasteiger partial charge is 0.488 e. The van der Waals surface area contributed by atoms with Crippen molar-refractivity contribution in [2.45, 2.75) is 82.5 Å². The van der Waals surface area contributed by atoms with Gasteiger partial charge in [-0.1, -0.05) is 48.8 Å². The molecule has 1 aliphatic carbocycles. The molecule has 1 heterocycles. The molecular formula is C28H38BrN3O2SSi. The first-order valence-electron chi connectivity index (χ1n) is 12.7. The summed E-state index contributed by atoms with van der Waals surface area (Å²) in [5, 5.41) is 4.56. The normalized spacial score (nSPS) is 18.9. The summed E-state index contributed by atoms with van der Waals surface area (Å²) < 4.78 is 14.2. The number of nitrogens with one attached hydrogen (secondary N) is 1. The molecule has 2 aromatic carbocycles. The molecule has 0 saturated heterocycles. The Hall–Kier alpha value is -1.61. The molecule has 1 saturated carbocycles. The van der Waals surface area contributed by atoms with Gasteiger partial charge in [-0.3, -0.25) is 0 Å². The van der Waals surface area contributed by atoms with Crippen LogP contribution in [0.5, 0.6) is 5.75 Å². The lowest BCUT2D eigenvalue weighted by atomic mass is 9.95. The van der Waals surface area contributed by atoms with Crippen LogP contribution in [0.25, 0.3) is 10.9 Å². The molecule has 1 N–H and O–H groups in total. The Morgan fingerprint density at radius 3 is 2.50 bits per heavy atom. The molecule has 4 rings (SSSR count). The van der Waals surface area contributed by atoms with Crippen LogP contribution in [0.2, 0.25) is 18.1 Å². The smallest absolute Gasteiger partial charge is 0.227 e. The number of thioether (sulfide) groups is 1. The molecule has 0 aliphatic heterocycles. The van der Waals surface area contributed by atoms with Crippen LogP contribution in [0.4, 0.5) is 11.6 Å². The molecule has 194 valence electrons. The molecule has 0 radical (unpaired) electrons. The fourth-order valence-electron chi connectivity index (χ4n) is 4.30. The van der Waals surface area contributed by atoms with E-state index >= 15 is 0 Å². The summed E-state index contributed by atoms with van der Waals surface area (Å²) in [5.41, 5.74) is 3.09. The van der Waals surface area contributed by atoms with Crippen LogP contribution >= 0.6 is 27.7 Å². The minimum atomic E-state index is -1.75. The van der Waals surface area contributed by atoms with Gasteiger partial charge in [0.05, 0.1) is 6.10 Å². The Kier molecular flexibility index (Phi) is 8.70. The van der Waals surface area contributed by atoms with Crippen molar-refractivity contribution in [3.8, 4) is 5.75 Å². The van der Waals surface area contributed by atoms with E-state index in [1.165, 1.54) is 5.56 Å². The molecule has 8 heteroatoms. The van der Waals surface area contributed by atoms with Crippen LogP contribution in [0.15, 0.2) is 47.1 Å². The fraction of sp³-hybridized carbons (Fsp3) is 0.500. The zero-order valence-corrected chi connectivity index (χ0v) is 25.6. The summed E-state index contributed by atoms with van der Waals surface area (Å²) in [6.07, 6.45) is 8.53. The first-order chi connectivity index (χ1) is 17.0. The molecule has 0 bridgehead atoms. The van der Waals surface area contributed by atoms with Gasteiger partial charge in [0.2, 0.25) is 5.95 Å². The van der Waals surface area contributed by atoms with Gasteiger partial charge in [0.1, 0.15) is 11.3 Å². The van der Waals surface area contributed by atoms with Crippen molar-refractivity contribution in [1.82, 2.24) is 9.97 Å². The molecule has 36 heavy (non-hydrogen) atoms. The van der Waals surface area contributed by atoms with E-state index in [1.807, 2.05) is 36.2 Å². The van der Waals surface area contributed by atoms with Crippen molar-refractivity contribution in [1.29, 1.82) is 0 Å². The van der Waals surface area contributed by atoms with Crippen molar-refractivity contribution in [2.75, 3.05) is 11.6 Å². The first-order valence-corrected chi connectivity index (χ1v) is 17.8. The third-order valence-corrected chi connectivity index (χ3v) is 12.9. The Labute approximate surface area is 229 Å². The maximum Gasteiger partial charge on any atom is 0.227 e. The Morgan fingerprint density at radius 2 is 1.81 bits per heavy atom. The zero-order valence-electron chi connectivity index (χ0n) is 22.2. The summed E-state index contributed by atoms with van der Waals surface area (Å²) >= 11 is 5.44. The van der Waals surface area contributed by atoms with Crippen molar-refractivity contribution in [3.63, 3.8) is 0 Å². The molecule has 1 fully saturated rings. The number of hydrogen-bond donors (Lipinski definition) is 1. The minimum absolute atomic E-state index is 0.163. The first kappa shape index (κ1) is 27.4. The number of nitrogens with zero attached hydrogens (tertiary/aromatic N) is 2. The zero-order chi connectivity index (χ0) is 25.9. The van der Waals surface area contributed by atoms with Crippen LogP contribution in [0.3, 0.4) is 0 Å². The molecule has 1 aromatic heterocycles. The molecule has 0 unspecified atom stereocenters. The van der Waals surface area contributed by atoms with Gasteiger partial charge in [0.25, 0.3) is 0 Å². The third kappa shape index (κ3) is 6.82. The lowest BCUT2D eigenvalue weighted by Crippen LogP contribution is -2.45. The fourth-order valence-corrected chi connectivity index (χ4v) is 6.69. The molecule has 1 aliphatic rings. The highest BCUT2D eigenvalue weighted by molar-refractivity contribution is 9.10. The van der Waals surface area contributed by atoms with E-state index in [4.69, 9.17) is 14.1 Å². The molecular weight excluding hydrogens is 550 g/mol. The Balaban J connectivity index is 1.47. The van der Waals surface area contributed by atoms with Gasteiger partial charge >= 0.3 is 0 Å². The second-order valence-electron chi connectivity index (χ2n) is 11.2. The number of halogens is 1. The summed E-state index contributed by atoms with van der Waals surface area (Å²) in [6.45, 7) is 11.6. The van der Waals surface area contributed by atoms with E-state index in [0.717, 1.165) is 58.2 Å². The Bertz CT molecular complexity index is 1190. The summed E-state index contributed by atoms with van der Waals surface area (Å²) in [6, 6.07) is 12.4. The monoisotopic (exact) mass is 587 g/mol. The number of rotatable bonds is 8. The number of aromatic nitrogens is 2. The van der Waals surface area contributed by atoms with Gasteiger partial charge in [0.15, 0.2) is 8.32 Å². The highest BCUT2D eigenvalue weighted by atomic mass is 79.9. The van der Waals surface area contributed by atoms with Gasteiger partial charge in [-0.05, 0) is 79.9 Å². The summed E-state index contributed by atoms with van der Waals surface area (Å²) in [5.74, 6) is 2.35. The molecule has 0 amide bonds. The molecule has 0 atom stereocenters. The average Bonchev–Trinajstić information content (AvgIpc) is 2.80. The highest BCUT2D eigenvalue weighted by Crippen LogP contribution is 2.40. The van der Waals surface area contributed by atoms with Crippen LogP contribution in [0, 0.1) is 0 Å². The number of fused-ring (bicyclic) bond motifs is 1. The summed E-state index contributed by atoms with van der Waals surface area (Å²) in [7, 11) is -1.75. The molecule has 3 aromatic rings. The van der Waals surface area contributed by atoms with Crippen LogP contribution < -0.4 is 10.1 Å².